The van der Waals surface area contributed by atoms with Gasteiger partial charge in [0, 0.05) is 42.7 Å². The molecule has 3 aromatic heterocycles. The van der Waals surface area contributed by atoms with Crippen molar-refractivity contribution in [2.45, 2.75) is 51.2 Å². The number of pyridine rings is 1. The van der Waals surface area contributed by atoms with E-state index in [0.29, 0.717) is 28.7 Å². The third-order valence-corrected chi connectivity index (χ3v) is 9.09. The van der Waals surface area contributed by atoms with Crippen LogP contribution in [0.25, 0.3) is 28.0 Å². The number of benzene rings is 2. The van der Waals surface area contributed by atoms with E-state index in [4.69, 9.17) is 4.74 Å². The van der Waals surface area contributed by atoms with Gasteiger partial charge in [0.15, 0.2) is 11.5 Å². The van der Waals surface area contributed by atoms with Crippen LogP contribution in [0.5, 0.6) is 0 Å². The number of halogens is 3. The van der Waals surface area contributed by atoms with Crippen molar-refractivity contribution in [2.24, 2.45) is 5.92 Å². The molecule has 0 unspecified atom stereocenters. The first kappa shape index (κ1) is 30.7. The lowest BCUT2D eigenvalue weighted by Crippen LogP contribution is -2.38. The number of hydrogen-bond acceptors (Lipinski definition) is 5. The highest BCUT2D eigenvalue weighted by Gasteiger charge is 2.41. The Morgan fingerprint density at radius 2 is 1.68 bits per heavy atom. The van der Waals surface area contributed by atoms with E-state index < -0.39 is 23.4 Å². The molecule has 5 aromatic rings. The third kappa shape index (κ3) is 6.14. The van der Waals surface area contributed by atoms with Crippen LogP contribution < -0.4 is 0 Å². The number of para-hydroxylation sites is 1. The van der Waals surface area contributed by atoms with Crippen LogP contribution in [0.15, 0.2) is 79.1 Å². The lowest BCUT2D eigenvalue weighted by atomic mass is 9.89. The number of carbonyl (C=O) groups excluding carboxylic acids is 2. The highest BCUT2D eigenvalue weighted by Crippen LogP contribution is 2.36. The van der Waals surface area contributed by atoms with Crippen LogP contribution in [0.4, 0.5) is 13.2 Å². The molecule has 1 aliphatic carbocycles. The number of alkyl halides is 3. The quantitative estimate of drug-likeness (QED) is 0.167. The molecule has 0 N–H and O–H groups in total. The van der Waals surface area contributed by atoms with Gasteiger partial charge in [-0.25, -0.2) is 14.5 Å². The molecule has 7 rings (SSSR count). The number of carbonyl (C=O) groups is 2. The minimum absolute atomic E-state index is 0.0638. The number of aromatic nitrogens is 4. The molecule has 0 bridgehead atoms. The van der Waals surface area contributed by atoms with Crippen LogP contribution in [0.2, 0.25) is 0 Å². The fourth-order valence-electron chi connectivity index (χ4n) is 6.56. The van der Waals surface area contributed by atoms with Crippen LogP contribution in [0.3, 0.4) is 0 Å². The molecule has 1 saturated heterocycles. The van der Waals surface area contributed by atoms with E-state index in [1.165, 1.54) is 18.6 Å². The van der Waals surface area contributed by atoms with Crippen molar-refractivity contribution in [2.75, 3.05) is 19.7 Å². The molecule has 242 valence electrons. The summed E-state index contributed by atoms with van der Waals surface area (Å²) in [5.74, 6) is -0.136. The van der Waals surface area contributed by atoms with Gasteiger partial charge in [0.25, 0.3) is 0 Å². The highest BCUT2D eigenvalue weighted by molar-refractivity contribution is 5.94. The molecule has 11 heteroatoms. The standard InChI is InChI=1S/C36H34F3N5O3/c1-2-47-35(46)29-21-40-44(33(29)36(37,38)39)31-8-4-7-30(41-31)28-6-3-5-26-17-20-43(32(26)28)22-23-9-11-24(12-10-23)25-15-18-42(19-16-25)34(45)27-13-14-27/h3-12,17,20-21,25,27H,2,13-16,18-19,22H2,1H3. The summed E-state index contributed by atoms with van der Waals surface area (Å²) in [5, 5.41) is 4.86. The summed E-state index contributed by atoms with van der Waals surface area (Å²) in [6.45, 7) is 3.69. The highest BCUT2D eigenvalue weighted by atomic mass is 19.4. The minimum atomic E-state index is -4.87. The van der Waals surface area contributed by atoms with Crippen molar-refractivity contribution in [1.82, 2.24) is 24.2 Å². The van der Waals surface area contributed by atoms with E-state index in [-0.39, 0.29) is 18.3 Å². The average molecular weight is 642 g/mol. The number of amides is 1. The maximum atomic E-state index is 14.2. The first-order valence-corrected chi connectivity index (χ1v) is 16.0. The van der Waals surface area contributed by atoms with Crippen LogP contribution in [-0.2, 0) is 22.3 Å². The smallest absolute Gasteiger partial charge is 0.434 e. The first-order valence-electron chi connectivity index (χ1n) is 16.0. The maximum absolute atomic E-state index is 14.2. The summed E-state index contributed by atoms with van der Waals surface area (Å²) in [6, 6.07) is 21.2. The lowest BCUT2D eigenvalue weighted by Gasteiger charge is -2.32. The summed E-state index contributed by atoms with van der Waals surface area (Å²) < 4.78 is 50.1. The van der Waals surface area contributed by atoms with Gasteiger partial charge in [-0.2, -0.15) is 18.3 Å². The second-order valence-corrected chi connectivity index (χ2v) is 12.2. The van der Waals surface area contributed by atoms with Gasteiger partial charge in [-0.15, -0.1) is 0 Å². The molecule has 4 heterocycles. The van der Waals surface area contributed by atoms with Gasteiger partial charge in [0.05, 0.1) is 24.0 Å². The summed E-state index contributed by atoms with van der Waals surface area (Å²) in [5.41, 5.74) is 2.63. The van der Waals surface area contributed by atoms with Gasteiger partial charge in [-0.05, 0) is 67.9 Å². The molecule has 1 aliphatic heterocycles. The second kappa shape index (κ2) is 12.4. The molecule has 2 aliphatic rings. The van der Waals surface area contributed by atoms with Crippen LogP contribution in [-0.4, -0.2) is 55.8 Å². The van der Waals surface area contributed by atoms with Crippen molar-refractivity contribution in [3.8, 4) is 17.1 Å². The predicted octanol–water partition coefficient (Wildman–Crippen LogP) is 7.25. The van der Waals surface area contributed by atoms with Crippen molar-refractivity contribution in [3.63, 3.8) is 0 Å². The van der Waals surface area contributed by atoms with Crippen LogP contribution in [0, 0.1) is 5.92 Å². The van der Waals surface area contributed by atoms with Gasteiger partial charge in [0.2, 0.25) is 5.91 Å². The number of nitrogens with zero attached hydrogens (tertiary/aromatic N) is 5. The van der Waals surface area contributed by atoms with Gasteiger partial charge in [0.1, 0.15) is 5.56 Å². The molecule has 0 radical (unpaired) electrons. The largest absolute Gasteiger partial charge is 0.462 e. The zero-order valence-corrected chi connectivity index (χ0v) is 25.9. The molecule has 1 amide bonds. The fraction of sp³-hybridized carbons (Fsp3) is 0.333. The summed E-state index contributed by atoms with van der Waals surface area (Å²) in [7, 11) is 0. The second-order valence-electron chi connectivity index (χ2n) is 12.2. The van der Waals surface area contributed by atoms with Gasteiger partial charge >= 0.3 is 12.1 Å². The Hall–Kier alpha value is -4.93. The molecule has 47 heavy (non-hydrogen) atoms. The Labute approximate surface area is 269 Å². The monoisotopic (exact) mass is 641 g/mol. The predicted molar refractivity (Wildman–Crippen MR) is 170 cm³/mol. The molecule has 1 saturated carbocycles. The molecule has 0 atom stereocenters. The Kier molecular flexibility index (Phi) is 8.07. The van der Waals surface area contributed by atoms with Crippen molar-refractivity contribution in [1.29, 1.82) is 0 Å². The molecule has 2 aromatic carbocycles. The van der Waals surface area contributed by atoms with Gasteiger partial charge < -0.3 is 14.2 Å². The Morgan fingerprint density at radius 3 is 2.38 bits per heavy atom. The number of esters is 1. The SMILES string of the molecule is CCOC(=O)c1cnn(-c2cccc(-c3cccc4ccn(Cc5ccc(C6CCN(C(=O)C7CC7)CC6)cc5)c34)n2)c1C(F)(F)F. The average Bonchev–Trinajstić information content (AvgIpc) is 3.69. The number of hydrogen-bond donors (Lipinski definition) is 0. The molecule has 2 fully saturated rings. The Balaban J connectivity index is 1.14. The summed E-state index contributed by atoms with van der Waals surface area (Å²) >= 11 is 0. The van der Waals surface area contributed by atoms with E-state index in [2.05, 4.69) is 38.9 Å². The number of piperidine rings is 1. The van der Waals surface area contributed by atoms with E-state index in [9.17, 15) is 22.8 Å². The van der Waals surface area contributed by atoms with E-state index in [1.807, 2.05) is 35.4 Å². The van der Waals surface area contributed by atoms with E-state index in [1.54, 1.807) is 12.1 Å². The molecular weight excluding hydrogens is 607 g/mol. The van der Waals surface area contributed by atoms with Crippen molar-refractivity contribution in [3.05, 3.63) is 102 Å². The molecule has 0 spiro atoms. The van der Waals surface area contributed by atoms with Gasteiger partial charge in [-0.1, -0.05) is 48.5 Å². The fourth-order valence-corrected chi connectivity index (χ4v) is 6.56. The third-order valence-electron chi connectivity index (χ3n) is 9.09. The normalized spacial score (nSPS) is 15.7. The number of rotatable bonds is 8. The topological polar surface area (TPSA) is 82.2 Å². The van der Waals surface area contributed by atoms with Gasteiger partial charge in [-0.3, -0.25) is 4.79 Å². The summed E-state index contributed by atoms with van der Waals surface area (Å²) in [4.78, 5) is 31.4. The first-order chi connectivity index (χ1) is 22.7. The number of fused-ring (bicyclic) bond motifs is 1. The van der Waals surface area contributed by atoms with Crippen molar-refractivity contribution >= 4 is 22.8 Å². The lowest BCUT2D eigenvalue weighted by molar-refractivity contribution is -0.143. The van der Waals surface area contributed by atoms with Crippen LogP contribution in [0.1, 0.15) is 65.7 Å². The molecular formula is C36H34F3N5O3. The zero-order chi connectivity index (χ0) is 32.7. The Morgan fingerprint density at radius 1 is 0.936 bits per heavy atom. The maximum Gasteiger partial charge on any atom is 0.434 e. The molecule has 8 nitrogen and oxygen atoms in total. The Bertz CT molecular complexity index is 1930. The van der Waals surface area contributed by atoms with E-state index in [0.717, 1.165) is 67.0 Å². The number of ether oxygens (including phenoxy) is 1. The van der Waals surface area contributed by atoms with E-state index >= 15 is 0 Å². The zero-order valence-electron chi connectivity index (χ0n) is 25.9. The minimum Gasteiger partial charge on any atom is -0.462 e. The number of likely N-dealkylation sites (tertiary alicyclic amines) is 1. The van der Waals surface area contributed by atoms with Crippen LogP contribution >= 0.6 is 0 Å². The summed E-state index contributed by atoms with van der Waals surface area (Å²) in [6.07, 6.45) is 2.02. The van der Waals surface area contributed by atoms with Crippen molar-refractivity contribution < 1.29 is 27.5 Å².